The number of methoxy groups -OCH3 is 2. The van der Waals surface area contributed by atoms with Gasteiger partial charge in [0.25, 0.3) is 5.91 Å². The smallest absolute Gasteiger partial charge is 0.262 e. The minimum Gasteiger partial charge on any atom is -0.497 e. The van der Waals surface area contributed by atoms with Crippen LogP contribution in [0.4, 0.5) is 5.69 Å². The van der Waals surface area contributed by atoms with Gasteiger partial charge in [-0.05, 0) is 66.2 Å². The number of rotatable bonds is 11. The van der Waals surface area contributed by atoms with Gasteiger partial charge in [0, 0.05) is 4.90 Å². The van der Waals surface area contributed by atoms with Gasteiger partial charge in [0.1, 0.15) is 17.2 Å². The summed E-state index contributed by atoms with van der Waals surface area (Å²) < 4.78 is 15.8. The summed E-state index contributed by atoms with van der Waals surface area (Å²) in [5.74, 6) is 1.61. The molecule has 0 atom stereocenters. The minimum absolute atomic E-state index is 0.145. The van der Waals surface area contributed by atoms with Crippen LogP contribution in [0.25, 0.3) is 0 Å². The van der Waals surface area contributed by atoms with E-state index in [1.165, 1.54) is 18.0 Å². The first kappa shape index (κ1) is 24.7. The Morgan fingerprint density at radius 2 is 1.59 bits per heavy atom. The lowest BCUT2D eigenvalue weighted by Gasteiger charge is -2.10. The summed E-state index contributed by atoms with van der Waals surface area (Å²) in [7, 11) is 3.15. The predicted molar refractivity (Wildman–Crippen MR) is 133 cm³/mol. The van der Waals surface area contributed by atoms with Crippen molar-refractivity contribution in [2.45, 2.75) is 4.90 Å². The van der Waals surface area contributed by atoms with Crippen LogP contribution >= 0.6 is 11.8 Å². The van der Waals surface area contributed by atoms with Crippen molar-refractivity contribution < 1.29 is 23.8 Å². The number of thioether (sulfide) groups is 1. The molecule has 0 aromatic heterocycles. The summed E-state index contributed by atoms with van der Waals surface area (Å²) in [6, 6.07) is 21.6. The maximum atomic E-state index is 12.1. The summed E-state index contributed by atoms with van der Waals surface area (Å²) in [6.45, 7) is -0.145. The predicted octanol–water partition coefficient (Wildman–Crippen LogP) is 3.96. The van der Waals surface area contributed by atoms with Gasteiger partial charge in [0.2, 0.25) is 5.91 Å². The van der Waals surface area contributed by atoms with Gasteiger partial charge < -0.3 is 19.5 Å². The second-order valence-corrected chi connectivity index (χ2v) is 7.91. The van der Waals surface area contributed by atoms with Crippen molar-refractivity contribution in [1.82, 2.24) is 5.43 Å². The molecule has 34 heavy (non-hydrogen) atoms. The third kappa shape index (κ3) is 7.86. The average molecular weight is 480 g/mol. The van der Waals surface area contributed by atoms with Crippen molar-refractivity contribution in [3.05, 3.63) is 78.4 Å². The highest BCUT2D eigenvalue weighted by molar-refractivity contribution is 8.00. The minimum atomic E-state index is -0.301. The first-order chi connectivity index (χ1) is 16.6. The van der Waals surface area contributed by atoms with Crippen molar-refractivity contribution in [2.24, 2.45) is 5.10 Å². The number of benzene rings is 3. The van der Waals surface area contributed by atoms with Gasteiger partial charge in [-0.15, -0.1) is 11.8 Å². The number of hydrazone groups is 1. The number of hydrogen-bond acceptors (Lipinski definition) is 7. The molecule has 8 nitrogen and oxygen atoms in total. The van der Waals surface area contributed by atoms with Gasteiger partial charge in [0.15, 0.2) is 6.61 Å². The highest BCUT2D eigenvalue weighted by atomic mass is 32.2. The van der Waals surface area contributed by atoms with Crippen molar-refractivity contribution in [1.29, 1.82) is 0 Å². The molecule has 0 fully saturated rings. The summed E-state index contributed by atoms with van der Waals surface area (Å²) in [5, 5.41) is 6.72. The third-order valence-electron chi connectivity index (χ3n) is 4.46. The van der Waals surface area contributed by atoms with E-state index in [2.05, 4.69) is 15.8 Å². The second-order valence-electron chi connectivity index (χ2n) is 6.86. The molecular weight excluding hydrogens is 454 g/mol. The molecule has 0 radical (unpaired) electrons. The van der Waals surface area contributed by atoms with Crippen LogP contribution in [0.1, 0.15) is 5.56 Å². The van der Waals surface area contributed by atoms with Gasteiger partial charge in [0.05, 0.1) is 31.9 Å². The SMILES string of the molecule is COc1ccc(SCC(=O)N/N=C/c2ccc(OCC(=O)Nc3ccccc3OC)cc2)cc1. The van der Waals surface area contributed by atoms with Gasteiger partial charge in [-0.1, -0.05) is 12.1 Å². The number of amides is 2. The lowest BCUT2D eigenvalue weighted by Crippen LogP contribution is -2.20. The van der Waals surface area contributed by atoms with Crippen molar-refractivity contribution >= 4 is 35.5 Å². The Morgan fingerprint density at radius 3 is 2.29 bits per heavy atom. The zero-order valence-corrected chi connectivity index (χ0v) is 19.6. The van der Waals surface area contributed by atoms with Crippen LogP contribution in [0, 0.1) is 0 Å². The molecule has 3 aromatic carbocycles. The molecule has 2 N–H and O–H groups in total. The first-order valence-corrected chi connectivity index (χ1v) is 11.3. The Labute approximate surface area is 202 Å². The number of nitrogens with zero attached hydrogens (tertiary/aromatic N) is 1. The fourth-order valence-corrected chi connectivity index (χ4v) is 3.46. The zero-order valence-electron chi connectivity index (χ0n) is 18.8. The number of nitrogens with one attached hydrogen (secondary N) is 2. The van der Waals surface area contributed by atoms with Gasteiger partial charge >= 0.3 is 0 Å². The van der Waals surface area contributed by atoms with E-state index in [4.69, 9.17) is 14.2 Å². The Hall–Kier alpha value is -3.98. The molecule has 176 valence electrons. The van der Waals surface area contributed by atoms with Crippen molar-refractivity contribution in [2.75, 3.05) is 31.9 Å². The second kappa shape index (κ2) is 12.9. The molecule has 9 heteroatoms. The third-order valence-corrected chi connectivity index (χ3v) is 5.48. The molecular formula is C25H25N3O5S. The van der Waals surface area contributed by atoms with E-state index >= 15 is 0 Å². The highest BCUT2D eigenvalue weighted by Crippen LogP contribution is 2.23. The molecule has 0 spiro atoms. The molecule has 0 heterocycles. The van der Waals surface area contributed by atoms with Crippen LogP contribution in [-0.4, -0.2) is 44.6 Å². The maximum absolute atomic E-state index is 12.1. The molecule has 0 unspecified atom stereocenters. The lowest BCUT2D eigenvalue weighted by molar-refractivity contribution is -0.119. The maximum Gasteiger partial charge on any atom is 0.262 e. The van der Waals surface area contributed by atoms with Crippen LogP contribution in [0.2, 0.25) is 0 Å². The molecule has 0 aliphatic carbocycles. The monoisotopic (exact) mass is 479 g/mol. The van der Waals surface area contributed by atoms with Crippen LogP contribution in [0.3, 0.4) is 0 Å². The molecule has 3 rings (SSSR count). The van der Waals surface area contributed by atoms with E-state index in [1.807, 2.05) is 36.4 Å². The van der Waals surface area contributed by atoms with Gasteiger partial charge in [-0.25, -0.2) is 5.43 Å². The normalized spacial score (nSPS) is 10.5. The largest absolute Gasteiger partial charge is 0.497 e. The standard InChI is InChI=1S/C25H25N3O5S/c1-31-19-11-13-21(14-12-19)34-17-25(30)28-26-15-18-7-9-20(10-8-18)33-16-24(29)27-22-5-3-4-6-23(22)32-2/h3-15H,16-17H2,1-2H3,(H,27,29)(H,28,30)/b26-15+. The quantitative estimate of drug-likeness (QED) is 0.245. The first-order valence-electron chi connectivity index (χ1n) is 10.3. The van der Waals surface area contributed by atoms with E-state index in [-0.39, 0.29) is 24.2 Å². The van der Waals surface area contributed by atoms with E-state index in [9.17, 15) is 9.59 Å². The Morgan fingerprint density at radius 1 is 0.882 bits per heavy atom. The van der Waals surface area contributed by atoms with E-state index in [0.717, 1.165) is 16.2 Å². The Kier molecular flexibility index (Phi) is 9.36. The van der Waals surface area contributed by atoms with Crippen LogP contribution in [0.5, 0.6) is 17.2 Å². The molecule has 2 amide bonds. The van der Waals surface area contributed by atoms with E-state index in [0.29, 0.717) is 17.2 Å². The molecule has 0 aliphatic rings. The number of anilines is 1. The Bertz CT molecular complexity index is 1120. The number of carbonyl (C=O) groups excluding carboxylic acids is 2. The molecule has 0 saturated heterocycles. The fourth-order valence-electron chi connectivity index (χ4n) is 2.77. The number of para-hydroxylation sites is 2. The van der Waals surface area contributed by atoms with Crippen molar-refractivity contribution in [3.63, 3.8) is 0 Å². The topological polar surface area (TPSA) is 98.3 Å². The molecule has 0 saturated carbocycles. The molecule has 0 bridgehead atoms. The number of carbonyl (C=O) groups is 2. The fraction of sp³-hybridized carbons (Fsp3) is 0.160. The van der Waals surface area contributed by atoms with Crippen LogP contribution in [-0.2, 0) is 9.59 Å². The zero-order chi connectivity index (χ0) is 24.2. The average Bonchev–Trinajstić information content (AvgIpc) is 2.87. The molecule has 0 aliphatic heterocycles. The van der Waals surface area contributed by atoms with E-state index < -0.39 is 0 Å². The molecule has 3 aromatic rings. The van der Waals surface area contributed by atoms with Gasteiger partial charge in [-0.2, -0.15) is 5.10 Å². The summed E-state index contributed by atoms with van der Waals surface area (Å²) in [6.07, 6.45) is 1.54. The number of hydrogen-bond donors (Lipinski definition) is 2. The summed E-state index contributed by atoms with van der Waals surface area (Å²) >= 11 is 1.41. The summed E-state index contributed by atoms with van der Waals surface area (Å²) in [5.41, 5.74) is 3.85. The van der Waals surface area contributed by atoms with Gasteiger partial charge in [-0.3, -0.25) is 9.59 Å². The number of ether oxygens (including phenoxy) is 3. The van der Waals surface area contributed by atoms with E-state index in [1.54, 1.807) is 50.6 Å². The highest BCUT2D eigenvalue weighted by Gasteiger charge is 2.08. The Balaban J connectivity index is 1.39. The summed E-state index contributed by atoms with van der Waals surface area (Å²) in [4.78, 5) is 25.1. The van der Waals surface area contributed by atoms with Crippen LogP contribution < -0.4 is 25.0 Å². The van der Waals surface area contributed by atoms with Crippen molar-refractivity contribution in [3.8, 4) is 17.2 Å². The lowest BCUT2D eigenvalue weighted by atomic mass is 10.2. The van der Waals surface area contributed by atoms with Crippen LogP contribution in [0.15, 0.2) is 82.8 Å².